The van der Waals surface area contributed by atoms with Crippen LogP contribution in [0, 0.1) is 6.92 Å². The lowest BCUT2D eigenvalue weighted by molar-refractivity contribution is -0.129. The molecule has 1 heterocycles. The number of amides is 1. The molecule has 1 amide bonds. The minimum atomic E-state index is -0.336. The lowest BCUT2D eigenvalue weighted by atomic mass is 10.1. The lowest BCUT2D eigenvalue weighted by Crippen LogP contribution is -2.17. The Morgan fingerprint density at radius 2 is 1.81 bits per heavy atom. The van der Waals surface area contributed by atoms with Gasteiger partial charge in [0, 0.05) is 17.5 Å². The zero-order valence-corrected chi connectivity index (χ0v) is 14.7. The van der Waals surface area contributed by atoms with Crippen molar-refractivity contribution in [2.24, 2.45) is 0 Å². The normalized spacial score (nSPS) is 10.7. The monoisotopic (exact) mass is 350 g/mol. The zero-order chi connectivity index (χ0) is 18.4. The zero-order valence-electron chi connectivity index (χ0n) is 14.7. The third kappa shape index (κ3) is 4.55. The highest BCUT2D eigenvalue weighted by Crippen LogP contribution is 2.24. The molecule has 3 rings (SSSR count). The molecular formula is C20H22N4O2. The molecule has 6 heteroatoms. The average molecular weight is 350 g/mol. The maximum atomic E-state index is 11.0. The summed E-state index contributed by atoms with van der Waals surface area (Å²) < 4.78 is 0. The van der Waals surface area contributed by atoms with Crippen molar-refractivity contribution in [1.82, 2.24) is 15.4 Å². The number of anilines is 2. The van der Waals surface area contributed by atoms with Gasteiger partial charge in [0.05, 0.1) is 5.52 Å². The molecule has 0 radical (unpaired) electrons. The van der Waals surface area contributed by atoms with Crippen molar-refractivity contribution in [2.45, 2.75) is 32.6 Å². The van der Waals surface area contributed by atoms with Crippen molar-refractivity contribution in [2.75, 3.05) is 5.32 Å². The SMILES string of the molecule is Cc1nc(Nc2ccc(CCCCC(=O)NO)cc2)c2ccccc2n1. The van der Waals surface area contributed by atoms with Crippen molar-refractivity contribution >= 4 is 28.3 Å². The van der Waals surface area contributed by atoms with E-state index in [1.807, 2.05) is 43.3 Å². The van der Waals surface area contributed by atoms with Gasteiger partial charge in [0.1, 0.15) is 11.6 Å². The fraction of sp³-hybridized carbons (Fsp3) is 0.250. The van der Waals surface area contributed by atoms with Crippen LogP contribution in [-0.2, 0) is 11.2 Å². The van der Waals surface area contributed by atoms with Crippen LogP contribution >= 0.6 is 0 Å². The van der Waals surface area contributed by atoms with Gasteiger partial charge >= 0.3 is 0 Å². The van der Waals surface area contributed by atoms with Gasteiger partial charge in [0.15, 0.2) is 0 Å². The molecule has 0 bridgehead atoms. The summed E-state index contributed by atoms with van der Waals surface area (Å²) in [6.07, 6.45) is 2.89. The Balaban J connectivity index is 1.64. The fourth-order valence-electron chi connectivity index (χ4n) is 2.85. The summed E-state index contributed by atoms with van der Waals surface area (Å²) in [5, 5.41) is 12.8. The van der Waals surface area contributed by atoms with Gasteiger partial charge in [-0.25, -0.2) is 15.4 Å². The van der Waals surface area contributed by atoms with Gasteiger partial charge in [-0.1, -0.05) is 24.3 Å². The molecule has 1 aromatic heterocycles. The minimum absolute atomic E-state index is 0.336. The predicted molar refractivity (Wildman–Crippen MR) is 101 cm³/mol. The molecule has 3 N–H and O–H groups in total. The smallest absolute Gasteiger partial charge is 0.243 e. The molecule has 3 aromatic rings. The van der Waals surface area contributed by atoms with E-state index < -0.39 is 0 Å². The van der Waals surface area contributed by atoms with E-state index in [0.717, 1.165) is 47.5 Å². The quantitative estimate of drug-likeness (QED) is 0.342. The number of carbonyl (C=O) groups excluding carboxylic acids is 1. The molecule has 0 unspecified atom stereocenters. The third-order valence-electron chi connectivity index (χ3n) is 4.18. The number of nitrogens with zero attached hydrogens (tertiary/aromatic N) is 2. The highest BCUT2D eigenvalue weighted by atomic mass is 16.5. The number of fused-ring (bicyclic) bond motifs is 1. The van der Waals surface area contributed by atoms with E-state index in [4.69, 9.17) is 5.21 Å². The predicted octanol–water partition coefficient (Wildman–Crippen LogP) is 3.90. The van der Waals surface area contributed by atoms with Crippen molar-refractivity contribution in [3.8, 4) is 0 Å². The molecule has 0 aliphatic rings. The van der Waals surface area contributed by atoms with Crippen LogP contribution in [0.5, 0.6) is 0 Å². The Hall–Kier alpha value is -2.99. The van der Waals surface area contributed by atoms with Crippen molar-refractivity contribution in [3.05, 3.63) is 59.9 Å². The van der Waals surface area contributed by atoms with Gasteiger partial charge in [-0.3, -0.25) is 10.0 Å². The molecule has 0 saturated heterocycles. The number of rotatable bonds is 7. The largest absolute Gasteiger partial charge is 0.340 e. The van der Waals surface area contributed by atoms with Crippen LogP contribution in [0.3, 0.4) is 0 Å². The summed E-state index contributed by atoms with van der Waals surface area (Å²) in [5.41, 5.74) is 4.76. The van der Waals surface area contributed by atoms with Gasteiger partial charge in [-0.05, 0) is 56.0 Å². The van der Waals surface area contributed by atoms with Gasteiger partial charge in [-0.2, -0.15) is 0 Å². The minimum Gasteiger partial charge on any atom is -0.340 e. The number of hydroxylamine groups is 1. The number of hydrogen-bond donors (Lipinski definition) is 3. The Bertz CT molecular complexity index is 894. The fourth-order valence-corrected chi connectivity index (χ4v) is 2.85. The first-order valence-corrected chi connectivity index (χ1v) is 8.68. The van der Waals surface area contributed by atoms with Gasteiger partial charge < -0.3 is 5.32 Å². The Kier molecular flexibility index (Phi) is 5.76. The standard InChI is InChI=1S/C20H22N4O2/c1-14-21-18-8-4-3-7-17(18)20(22-14)23-16-12-10-15(11-13-16)6-2-5-9-19(25)24-26/h3-4,7-8,10-13,26H,2,5-6,9H2,1H3,(H,24,25)(H,21,22,23). The first-order valence-electron chi connectivity index (χ1n) is 8.68. The van der Waals surface area contributed by atoms with Crippen molar-refractivity contribution in [3.63, 3.8) is 0 Å². The van der Waals surface area contributed by atoms with E-state index in [-0.39, 0.29) is 5.91 Å². The number of unbranched alkanes of at least 4 members (excludes halogenated alkanes) is 1. The number of benzene rings is 2. The number of hydrogen-bond acceptors (Lipinski definition) is 5. The molecule has 0 spiro atoms. The molecule has 0 aliphatic heterocycles. The number of aryl methyl sites for hydroxylation is 2. The van der Waals surface area contributed by atoms with E-state index >= 15 is 0 Å². The maximum Gasteiger partial charge on any atom is 0.243 e. The van der Waals surface area contributed by atoms with Crippen LogP contribution in [0.2, 0.25) is 0 Å². The summed E-state index contributed by atoms with van der Waals surface area (Å²) in [4.78, 5) is 20.0. The lowest BCUT2D eigenvalue weighted by Gasteiger charge is -2.10. The first-order chi connectivity index (χ1) is 12.7. The van der Waals surface area contributed by atoms with Crippen LogP contribution in [0.25, 0.3) is 10.9 Å². The summed E-state index contributed by atoms with van der Waals surface area (Å²) >= 11 is 0. The third-order valence-corrected chi connectivity index (χ3v) is 4.18. The van der Waals surface area contributed by atoms with Gasteiger partial charge in [0.25, 0.3) is 0 Å². The molecular weight excluding hydrogens is 328 g/mol. The molecule has 6 nitrogen and oxygen atoms in total. The van der Waals surface area contributed by atoms with Gasteiger partial charge in [-0.15, -0.1) is 0 Å². The summed E-state index contributed by atoms with van der Waals surface area (Å²) in [7, 11) is 0. The second-order valence-corrected chi connectivity index (χ2v) is 6.20. The van der Waals surface area contributed by atoms with E-state index in [0.29, 0.717) is 6.42 Å². The van der Waals surface area contributed by atoms with E-state index in [9.17, 15) is 4.79 Å². The van der Waals surface area contributed by atoms with Crippen LogP contribution in [-0.4, -0.2) is 21.1 Å². The first kappa shape index (κ1) is 17.8. The Labute approximate surface area is 152 Å². The number of carbonyl (C=O) groups is 1. The topological polar surface area (TPSA) is 87.1 Å². The second kappa shape index (κ2) is 8.40. The number of nitrogens with one attached hydrogen (secondary N) is 2. The summed E-state index contributed by atoms with van der Waals surface area (Å²) in [5.74, 6) is 1.20. The molecule has 0 atom stereocenters. The maximum absolute atomic E-state index is 11.0. The average Bonchev–Trinajstić information content (AvgIpc) is 2.66. The molecule has 2 aromatic carbocycles. The van der Waals surface area contributed by atoms with Crippen molar-refractivity contribution < 1.29 is 10.0 Å². The Morgan fingerprint density at radius 1 is 1.04 bits per heavy atom. The highest BCUT2D eigenvalue weighted by molar-refractivity contribution is 5.90. The summed E-state index contributed by atoms with van der Waals surface area (Å²) in [6, 6.07) is 16.1. The van der Waals surface area contributed by atoms with E-state index in [1.54, 1.807) is 5.48 Å². The van der Waals surface area contributed by atoms with Crippen LogP contribution < -0.4 is 10.8 Å². The molecule has 0 aliphatic carbocycles. The van der Waals surface area contributed by atoms with E-state index in [1.165, 1.54) is 5.56 Å². The molecule has 0 fully saturated rings. The summed E-state index contributed by atoms with van der Waals surface area (Å²) in [6.45, 7) is 1.89. The van der Waals surface area contributed by atoms with Crippen LogP contribution in [0.4, 0.5) is 11.5 Å². The number of para-hydroxylation sites is 1. The highest BCUT2D eigenvalue weighted by Gasteiger charge is 2.06. The second-order valence-electron chi connectivity index (χ2n) is 6.20. The van der Waals surface area contributed by atoms with Crippen LogP contribution in [0.1, 0.15) is 30.7 Å². The van der Waals surface area contributed by atoms with Crippen molar-refractivity contribution in [1.29, 1.82) is 0 Å². The van der Waals surface area contributed by atoms with Gasteiger partial charge in [0.2, 0.25) is 5.91 Å². The molecule has 26 heavy (non-hydrogen) atoms. The molecule has 134 valence electrons. The number of aromatic nitrogens is 2. The Morgan fingerprint density at radius 3 is 2.58 bits per heavy atom. The van der Waals surface area contributed by atoms with Crippen LogP contribution in [0.15, 0.2) is 48.5 Å². The van der Waals surface area contributed by atoms with E-state index in [2.05, 4.69) is 27.4 Å². The molecule has 0 saturated carbocycles.